The molecule has 1 unspecified atom stereocenters. The molecule has 0 aliphatic heterocycles. The summed E-state index contributed by atoms with van der Waals surface area (Å²) in [6.07, 6.45) is 7.17. The van der Waals surface area contributed by atoms with Crippen LogP contribution in [-0.2, 0) is 19.3 Å². The van der Waals surface area contributed by atoms with Crippen molar-refractivity contribution in [2.45, 2.75) is 38.1 Å². The molecule has 1 aromatic heterocycles. The third-order valence-corrected chi connectivity index (χ3v) is 4.08. The first kappa shape index (κ1) is 14.0. The van der Waals surface area contributed by atoms with Crippen molar-refractivity contribution in [3.05, 3.63) is 53.5 Å². The van der Waals surface area contributed by atoms with Gasteiger partial charge in [0, 0.05) is 23.8 Å². The molecular weight excluding hydrogens is 260 g/mol. The molecule has 4 nitrogen and oxygen atoms in total. The van der Waals surface area contributed by atoms with Crippen LogP contribution in [0.1, 0.15) is 29.7 Å². The van der Waals surface area contributed by atoms with Crippen LogP contribution in [0.2, 0.25) is 0 Å². The van der Waals surface area contributed by atoms with Gasteiger partial charge in [-0.15, -0.1) is 0 Å². The Morgan fingerprint density at radius 2 is 1.90 bits per heavy atom. The van der Waals surface area contributed by atoms with Gasteiger partial charge in [0.1, 0.15) is 12.1 Å². The first-order chi connectivity index (χ1) is 10.4. The molecule has 1 aromatic carbocycles. The van der Waals surface area contributed by atoms with Crippen LogP contribution in [0.25, 0.3) is 0 Å². The second-order valence-corrected chi connectivity index (χ2v) is 5.62. The minimum absolute atomic E-state index is 0.202. The maximum absolute atomic E-state index is 5.94. The second kappa shape index (κ2) is 6.68. The molecule has 0 amide bonds. The number of rotatable bonds is 5. The number of nitrogens with one attached hydrogen (secondary N) is 1. The van der Waals surface area contributed by atoms with Gasteiger partial charge in [-0.2, -0.15) is 0 Å². The van der Waals surface area contributed by atoms with E-state index in [-0.39, 0.29) is 6.04 Å². The molecule has 0 radical (unpaired) electrons. The van der Waals surface area contributed by atoms with Crippen molar-refractivity contribution in [1.82, 2.24) is 9.97 Å². The summed E-state index contributed by atoms with van der Waals surface area (Å²) in [7, 11) is 0. The lowest BCUT2D eigenvalue weighted by molar-refractivity contribution is 0.656. The van der Waals surface area contributed by atoms with Gasteiger partial charge < -0.3 is 11.1 Å². The van der Waals surface area contributed by atoms with E-state index in [2.05, 4.69) is 39.6 Å². The molecule has 21 heavy (non-hydrogen) atoms. The van der Waals surface area contributed by atoms with E-state index in [1.54, 1.807) is 6.33 Å². The van der Waals surface area contributed by atoms with Crippen LogP contribution in [0.5, 0.6) is 0 Å². The molecule has 0 saturated carbocycles. The zero-order valence-electron chi connectivity index (χ0n) is 12.3. The van der Waals surface area contributed by atoms with E-state index in [1.807, 2.05) is 6.07 Å². The van der Waals surface area contributed by atoms with Gasteiger partial charge in [-0.25, -0.2) is 9.97 Å². The summed E-state index contributed by atoms with van der Waals surface area (Å²) < 4.78 is 0. The van der Waals surface area contributed by atoms with E-state index in [0.717, 1.165) is 25.1 Å². The Balaban J connectivity index is 1.75. The first-order valence-electron chi connectivity index (χ1n) is 7.70. The highest BCUT2D eigenvalue weighted by atomic mass is 15.0. The Bertz CT molecular complexity index is 583. The van der Waals surface area contributed by atoms with Crippen molar-refractivity contribution in [3.63, 3.8) is 0 Å². The number of hydrogen-bond acceptors (Lipinski definition) is 4. The van der Waals surface area contributed by atoms with Crippen molar-refractivity contribution in [2.24, 2.45) is 5.73 Å². The summed E-state index contributed by atoms with van der Waals surface area (Å²) in [6.45, 7) is 0.591. The number of aryl methyl sites for hydroxylation is 1. The lowest BCUT2D eigenvalue weighted by atomic mass is 9.96. The van der Waals surface area contributed by atoms with E-state index in [1.165, 1.54) is 29.7 Å². The van der Waals surface area contributed by atoms with Crippen LogP contribution in [-0.4, -0.2) is 22.6 Å². The molecule has 3 rings (SSSR count). The molecule has 1 aliphatic carbocycles. The first-order valence-corrected chi connectivity index (χ1v) is 7.70. The molecule has 1 atom stereocenters. The quantitative estimate of drug-likeness (QED) is 0.883. The fourth-order valence-corrected chi connectivity index (χ4v) is 2.93. The normalized spacial score (nSPS) is 15.3. The molecule has 1 heterocycles. The predicted octanol–water partition coefficient (Wildman–Crippen LogP) is 2.34. The van der Waals surface area contributed by atoms with Gasteiger partial charge in [0.05, 0.1) is 0 Å². The number of aromatic nitrogens is 2. The van der Waals surface area contributed by atoms with Crippen LogP contribution >= 0.6 is 0 Å². The highest BCUT2D eigenvalue weighted by molar-refractivity contribution is 5.48. The Morgan fingerprint density at radius 1 is 1.10 bits per heavy atom. The van der Waals surface area contributed by atoms with Crippen LogP contribution in [0, 0.1) is 0 Å². The summed E-state index contributed by atoms with van der Waals surface area (Å²) in [4.78, 5) is 8.86. The summed E-state index contributed by atoms with van der Waals surface area (Å²) in [5.41, 5.74) is 9.72. The van der Waals surface area contributed by atoms with Crippen LogP contribution in [0.4, 0.5) is 5.82 Å². The highest BCUT2D eigenvalue weighted by Crippen LogP contribution is 2.25. The fourth-order valence-electron chi connectivity index (χ4n) is 2.93. The van der Waals surface area contributed by atoms with Gasteiger partial charge in [0.2, 0.25) is 0 Å². The van der Waals surface area contributed by atoms with Gasteiger partial charge >= 0.3 is 0 Å². The van der Waals surface area contributed by atoms with Gasteiger partial charge in [0.15, 0.2) is 0 Å². The van der Waals surface area contributed by atoms with Crippen molar-refractivity contribution in [1.29, 1.82) is 0 Å². The number of nitrogens with two attached hydrogens (primary N) is 1. The zero-order chi connectivity index (χ0) is 14.5. The molecule has 1 aliphatic rings. The molecule has 0 bridgehead atoms. The van der Waals surface area contributed by atoms with Crippen molar-refractivity contribution < 1.29 is 0 Å². The third-order valence-electron chi connectivity index (χ3n) is 4.08. The summed E-state index contributed by atoms with van der Waals surface area (Å²) >= 11 is 0. The second-order valence-electron chi connectivity index (χ2n) is 5.62. The fraction of sp³-hybridized carbons (Fsp3) is 0.412. The summed E-state index contributed by atoms with van der Waals surface area (Å²) in [5, 5.41) is 3.53. The third kappa shape index (κ3) is 3.39. The Morgan fingerprint density at radius 3 is 2.71 bits per heavy atom. The number of benzene rings is 1. The van der Waals surface area contributed by atoms with E-state index in [9.17, 15) is 0 Å². The van der Waals surface area contributed by atoms with Gasteiger partial charge in [-0.05, 0) is 37.7 Å². The molecule has 0 fully saturated rings. The molecule has 0 spiro atoms. The van der Waals surface area contributed by atoms with E-state index in [4.69, 9.17) is 5.73 Å². The average Bonchev–Trinajstić information content (AvgIpc) is 2.55. The number of hydrogen-bond donors (Lipinski definition) is 2. The van der Waals surface area contributed by atoms with Gasteiger partial charge in [0.25, 0.3) is 0 Å². The van der Waals surface area contributed by atoms with E-state index >= 15 is 0 Å². The molecule has 4 heteroatoms. The molecule has 0 saturated heterocycles. The SMILES string of the molecule is NCC(Cc1ccccc1)Nc1ncnc2c1CCCC2. The number of nitrogens with zero attached hydrogens (tertiary/aromatic N) is 2. The molecule has 3 N–H and O–H groups in total. The molecule has 2 aromatic rings. The van der Waals surface area contributed by atoms with E-state index in [0.29, 0.717) is 6.54 Å². The summed E-state index contributed by atoms with van der Waals surface area (Å²) in [5.74, 6) is 0.978. The Kier molecular flexibility index (Phi) is 4.46. The van der Waals surface area contributed by atoms with Crippen molar-refractivity contribution in [3.8, 4) is 0 Å². The maximum atomic E-state index is 5.94. The Hall–Kier alpha value is -1.94. The van der Waals surface area contributed by atoms with Gasteiger partial charge in [-0.3, -0.25) is 0 Å². The minimum Gasteiger partial charge on any atom is -0.365 e. The topological polar surface area (TPSA) is 63.8 Å². The van der Waals surface area contributed by atoms with Crippen molar-refractivity contribution in [2.75, 3.05) is 11.9 Å². The van der Waals surface area contributed by atoms with Crippen LogP contribution < -0.4 is 11.1 Å². The zero-order valence-corrected chi connectivity index (χ0v) is 12.3. The predicted molar refractivity (Wildman–Crippen MR) is 85.3 cm³/mol. The van der Waals surface area contributed by atoms with Crippen LogP contribution in [0.3, 0.4) is 0 Å². The van der Waals surface area contributed by atoms with Crippen LogP contribution in [0.15, 0.2) is 36.7 Å². The van der Waals surface area contributed by atoms with E-state index < -0.39 is 0 Å². The summed E-state index contributed by atoms with van der Waals surface area (Å²) in [6, 6.07) is 10.6. The molecular formula is C17H22N4. The standard InChI is InChI=1S/C17H22N4/c18-11-14(10-13-6-2-1-3-7-13)21-17-15-8-4-5-9-16(15)19-12-20-17/h1-3,6-7,12,14H,4-5,8-11,18H2,(H,19,20,21). The van der Waals surface area contributed by atoms with Gasteiger partial charge in [-0.1, -0.05) is 30.3 Å². The lowest BCUT2D eigenvalue weighted by Crippen LogP contribution is -2.32. The number of anilines is 1. The average molecular weight is 282 g/mol. The van der Waals surface area contributed by atoms with Crippen molar-refractivity contribution >= 4 is 5.82 Å². The molecule has 110 valence electrons. The minimum atomic E-state index is 0.202. The Labute approximate surface area is 125 Å². The highest BCUT2D eigenvalue weighted by Gasteiger charge is 2.17. The maximum Gasteiger partial charge on any atom is 0.133 e. The largest absolute Gasteiger partial charge is 0.365 e. The smallest absolute Gasteiger partial charge is 0.133 e. The lowest BCUT2D eigenvalue weighted by Gasteiger charge is -2.22. The number of fused-ring (bicyclic) bond motifs is 1. The monoisotopic (exact) mass is 282 g/mol.